The lowest BCUT2D eigenvalue weighted by Crippen LogP contribution is -2.35. The van der Waals surface area contributed by atoms with Crippen LogP contribution in [0.15, 0.2) is 59.8 Å². The third kappa shape index (κ3) is 4.64. The Bertz CT molecular complexity index is 1460. The average molecular weight is 446 g/mol. The molecule has 0 aliphatic rings. The van der Waals surface area contributed by atoms with Gasteiger partial charge in [0.15, 0.2) is 0 Å². The first-order valence-electron chi connectivity index (χ1n) is 10.4. The van der Waals surface area contributed by atoms with E-state index in [4.69, 9.17) is 10.1 Å². The zero-order valence-electron chi connectivity index (χ0n) is 17.9. The SMILES string of the molecule is CC(=O)OCCCn1c(=N)c(C(=O)NCc2cccnc2)cc2c(=O)n3ccccc3nc21. The molecular weight excluding hydrogens is 424 g/mol. The van der Waals surface area contributed by atoms with E-state index < -0.39 is 11.9 Å². The molecule has 4 rings (SSSR count). The van der Waals surface area contributed by atoms with Crippen LogP contribution in [0, 0.1) is 5.41 Å². The van der Waals surface area contributed by atoms with Gasteiger partial charge in [-0.15, -0.1) is 0 Å². The van der Waals surface area contributed by atoms with Gasteiger partial charge in [0.1, 0.15) is 16.8 Å². The van der Waals surface area contributed by atoms with Crippen molar-refractivity contribution in [3.63, 3.8) is 0 Å². The summed E-state index contributed by atoms with van der Waals surface area (Å²) in [5.41, 5.74) is 1.15. The summed E-state index contributed by atoms with van der Waals surface area (Å²) in [5.74, 6) is -0.890. The van der Waals surface area contributed by atoms with Gasteiger partial charge in [-0.05, 0) is 36.2 Å². The summed E-state index contributed by atoms with van der Waals surface area (Å²) in [6, 6.07) is 10.2. The van der Waals surface area contributed by atoms with Crippen molar-refractivity contribution in [3.05, 3.63) is 82.0 Å². The lowest BCUT2D eigenvalue weighted by Gasteiger charge is -2.15. The highest BCUT2D eigenvalue weighted by Gasteiger charge is 2.17. The molecule has 1 amide bonds. The Morgan fingerprint density at radius 3 is 2.82 bits per heavy atom. The van der Waals surface area contributed by atoms with Gasteiger partial charge in [0.25, 0.3) is 11.5 Å². The summed E-state index contributed by atoms with van der Waals surface area (Å²) < 4.78 is 7.89. The fraction of sp³-hybridized carbons (Fsp3) is 0.217. The number of amides is 1. The highest BCUT2D eigenvalue weighted by Crippen LogP contribution is 2.11. The summed E-state index contributed by atoms with van der Waals surface area (Å²) in [6.07, 6.45) is 5.27. The van der Waals surface area contributed by atoms with Crippen molar-refractivity contribution in [3.8, 4) is 0 Å². The minimum atomic E-state index is -0.489. The molecule has 0 atom stereocenters. The lowest BCUT2D eigenvalue weighted by atomic mass is 10.2. The minimum Gasteiger partial charge on any atom is -0.466 e. The van der Waals surface area contributed by atoms with Crippen LogP contribution in [0.3, 0.4) is 0 Å². The van der Waals surface area contributed by atoms with E-state index in [1.807, 2.05) is 6.07 Å². The number of carbonyl (C=O) groups excluding carboxylic acids is 2. The van der Waals surface area contributed by atoms with Gasteiger partial charge < -0.3 is 14.6 Å². The van der Waals surface area contributed by atoms with Crippen molar-refractivity contribution in [1.29, 1.82) is 5.41 Å². The predicted octanol–water partition coefficient (Wildman–Crippen LogP) is 1.41. The maximum atomic E-state index is 13.2. The molecule has 0 fully saturated rings. The van der Waals surface area contributed by atoms with E-state index in [1.54, 1.807) is 42.9 Å². The Labute approximate surface area is 188 Å². The van der Waals surface area contributed by atoms with Crippen molar-refractivity contribution in [2.24, 2.45) is 0 Å². The predicted molar refractivity (Wildman–Crippen MR) is 119 cm³/mol. The molecule has 168 valence electrons. The number of rotatable bonds is 7. The second kappa shape index (κ2) is 9.43. The molecular formula is C23H22N6O4. The normalized spacial score (nSPS) is 10.9. The van der Waals surface area contributed by atoms with Gasteiger partial charge in [-0.3, -0.25) is 29.2 Å². The number of ether oxygens (including phenoxy) is 1. The Morgan fingerprint density at radius 2 is 2.06 bits per heavy atom. The molecule has 4 heterocycles. The van der Waals surface area contributed by atoms with Gasteiger partial charge in [0.05, 0.1) is 17.6 Å². The molecule has 0 unspecified atom stereocenters. The number of aromatic nitrogens is 4. The van der Waals surface area contributed by atoms with Gasteiger partial charge in [0, 0.05) is 38.6 Å². The zero-order valence-corrected chi connectivity index (χ0v) is 17.9. The quantitative estimate of drug-likeness (QED) is 0.251. The summed E-state index contributed by atoms with van der Waals surface area (Å²) in [5, 5.41) is 11.7. The highest BCUT2D eigenvalue weighted by molar-refractivity contribution is 5.96. The van der Waals surface area contributed by atoms with Crippen LogP contribution in [0.25, 0.3) is 16.7 Å². The molecule has 4 aromatic rings. The number of esters is 1. The fourth-order valence-corrected chi connectivity index (χ4v) is 3.50. The van der Waals surface area contributed by atoms with Gasteiger partial charge in [-0.25, -0.2) is 4.98 Å². The van der Waals surface area contributed by atoms with E-state index in [0.29, 0.717) is 17.7 Å². The smallest absolute Gasteiger partial charge is 0.302 e. The maximum absolute atomic E-state index is 13.2. The lowest BCUT2D eigenvalue weighted by molar-refractivity contribution is -0.141. The van der Waals surface area contributed by atoms with E-state index in [0.717, 1.165) is 5.56 Å². The number of nitrogens with zero attached hydrogens (tertiary/aromatic N) is 4. The molecule has 0 aliphatic carbocycles. The van der Waals surface area contributed by atoms with E-state index >= 15 is 0 Å². The monoisotopic (exact) mass is 446 g/mol. The van der Waals surface area contributed by atoms with Gasteiger partial charge in [-0.1, -0.05) is 12.1 Å². The molecule has 0 bridgehead atoms. The summed E-state index contributed by atoms with van der Waals surface area (Å²) >= 11 is 0. The minimum absolute atomic E-state index is 0.0497. The second-order valence-electron chi connectivity index (χ2n) is 7.38. The Morgan fingerprint density at radius 1 is 1.21 bits per heavy atom. The standard InChI is InChI=1S/C23H22N6O4/c1-15(30)33-11-5-10-29-20(24)17(22(31)26-14-16-6-4-8-25-13-16)12-18-21(29)27-19-7-2-3-9-28(19)23(18)32/h2-4,6-9,12-13,24H,5,10-11,14H2,1H3,(H,26,31). The fourth-order valence-electron chi connectivity index (χ4n) is 3.50. The number of hydrogen-bond acceptors (Lipinski definition) is 7. The first-order valence-corrected chi connectivity index (χ1v) is 10.4. The van der Waals surface area contributed by atoms with E-state index in [-0.39, 0.29) is 41.7 Å². The summed E-state index contributed by atoms with van der Waals surface area (Å²) in [6.45, 7) is 1.93. The van der Waals surface area contributed by atoms with E-state index in [1.165, 1.54) is 22.0 Å². The van der Waals surface area contributed by atoms with Gasteiger partial charge in [0.2, 0.25) is 0 Å². The number of pyridine rings is 3. The number of hydrogen-bond donors (Lipinski definition) is 2. The van der Waals surface area contributed by atoms with Crippen LogP contribution in [0.4, 0.5) is 0 Å². The maximum Gasteiger partial charge on any atom is 0.302 e. The molecule has 0 radical (unpaired) electrons. The molecule has 4 aromatic heterocycles. The topological polar surface area (TPSA) is 131 Å². The third-order valence-electron chi connectivity index (χ3n) is 5.07. The van der Waals surface area contributed by atoms with Crippen molar-refractivity contribution in [1.82, 2.24) is 24.3 Å². The van der Waals surface area contributed by atoms with Crippen molar-refractivity contribution < 1.29 is 14.3 Å². The van der Waals surface area contributed by atoms with Crippen LogP contribution in [0.1, 0.15) is 29.3 Å². The highest BCUT2D eigenvalue weighted by atomic mass is 16.5. The molecule has 0 spiro atoms. The van der Waals surface area contributed by atoms with Gasteiger partial charge >= 0.3 is 5.97 Å². The summed E-state index contributed by atoms with van der Waals surface area (Å²) in [4.78, 5) is 45.8. The first-order chi connectivity index (χ1) is 16.0. The van der Waals surface area contributed by atoms with Crippen molar-refractivity contribution >= 4 is 28.6 Å². The molecule has 2 N–H and O–H groups in total. The third-order valence-corrected chi connectivity index (χ3v) is 5.07. The van der Waals surface area contributed by atoms with Crippen LogP contribution >= 0.6 is 0 Å². The molecule has 0 saturated heterocycles. The molecule has 0 saturated carbocycles. The largest absolute Gasteiger partial charge is 0.466 e. The van der Waals surface area contributed by atoms with Crippen LogP contribution in [0.5, 0.6) is 0 Å². The van der Waals surface area contributed by atoms with Crippen LogP contribution < -0.4 is 16.4 Å². The first kappa shape index (κ1) is 21.9. The van der Waals surface area contributed by atoms with Gasteiger partial charge in [-0.2, -0.15) is 0 Å². The zero-order chi connectivity index (χ0) is 23.4. The second-order valence-corrected chi connectivity index (χ2v) is 7.38. The molecule has 0 aliphatic heterocycles. The molecule has 0 aromatic carbocycles. The molecule has 10 heteroatoms. The number of carbonyl (C=O) groups is 2. The number of nitrogens with one attached hydrogen (secondary N) is 2. The average Bonchev–Trinajstić information content (AvgIpc) is 2.82. The Kier molecular flexibility index (Phi) is 6.25. The number of fused-ring (bicyclic) bond motifs is 2. The number of aryl methyl sites for hydroxylation is 1. The van der Waals surface area contributed by atoms with Crippen LogP contribution in [-0.4, -0.2) is 37.4 Å². The van der Waals surface area contributed by atoms with Crippen LogP contribution in [0.2, 0.25) is 0 Å². The van der Waals surface area contributed by atoms with Crippen molar-refractivity contribution in [2.75, 3.05) is 6.61 Å². The van der Waals surface area contributed by atoms with Crippen molar-refractivity contribution in [2.45, 2.75) is 26.4 Å². The van der Waals surface area contributed by atoms with Crippen LogP contribution in [-0.2, 0) is 22.6 Å². The van der Waals surface area contributed by atoms with E-state index in [2.05, 4.69) is 15.3 Å². The Balaban J connectivity index is 1.78. The Hall–Kier alpha value is -4.34. The van der Waals surface area contributed by atoms with E-state index in [9.17, 15) is 14.4 Å². The molecule has 10 nitrogen and oxygen atoms in total. The molecule has 33 heavy (non-hydrogen) atoms. The summed E-state index contributed by atoms with van der Waals surface area (Å²) in [7, 11) is 0.